The molecule has 0 radical (unpaired) electrons. The number of nitrogens with one attached hydrogen (secondary N) is 3. The SMILES string of the molecule is CNCCCCCNC(=S)Nc1ccc(-c2c3ccc(=O)cc-3oc3cc(O)ccc23)c(C(=O)O)c1.Cc1c(C)c(=O)c1=O.Cc1c(C)c(=O)c1=O. The fraction of sp³-hybridized carbons (Fsp3) is 0.256. The van der Waals surface area contributed by atoms with E-state index in [0.29, 0.717) is 66.5 Å². The van der Waals surface area contributed by atoms with Crippen LogP contribution in [0.4, 0.5) is 5.69 Å². The number of hydrogen-bond acceptors (Lipinski definition) is 10. The van der Waals surface area contributed by atoms with Crippen molar-refractivity contribution in [1.82, 2.24) is 10.6 Å². The van der Waals surface area contributed by atoms with Crippen molar-refractivity contribution in [2.24, 2.45) is 0 Å². The Morgan fingerprint density at radius 2 is 1.31 bits per heavy atom. The van der Waals surface area contributed by atoms with Crippen LogP contribution in [-0.2, 0) is 0 Å². The van der Waals surface area contributed by atoms with Crippen molar-refractivity contribution in [3.63, 3.8) is 0 Å². The minimum absolute atomic E-state index is 0.00382. The van der Waals surface area contributed by atoms with Gasteiger partial charge in [-0.1, -0.05) is 12.5 Å². The molecule has 2 aliphatic rings. The van der Waals surface area contributed by atoms with Gasteiger partial charge in [-0.25, -0.2) is 4.79 Å². The van der Waals surface area contributed by atoms with Gasteiger partial charge >= 0.3 is 5.97 Å². The Bertz CT molecular complexity index is 2330. The number of carbonyl (C=O) groups is 1. The number of rotatable bonds is 9. The van der Waals surface area contributed by atoms with Crippen LogP contribution >= 0.6 is 12.2 Å². The molecule has 4 aromatic rings. The number of carboxylic acids is 1. The highest BCUT2D eigenvalue weighted by Crippen LogP contribution is 2.42. The number of phenolic OH excluding ortho intramolecular Hbond substituents is 1. The predicted octanol–water partition coefficient (Wildman–Crippen LogP) is 4.44. The summed E-state index contributed by atoms with van der Waals surface area (Å²) in [6.45, 7) is 8.36. The fourth-order valence-corrected chi connectivity index (χ4v) is 5.60. The number of unbranched alkanes of at least 4 members (excludes halogenated alkanes) is 2. The van der Waals surface area contributed by atoms with E-state index >= 15 is 0 Å². The Morgan fingerprint density at radius 1 is 0.731 bits per heavy atom. The maximum Gasteiger partial charge on any atom is 0.336 e. The van der Waals surface area contributed by atoms with Gasteiger partial charge in [0.15, 0.2) is 10.5 Å². The summed E-state index contributed by atoms with van der Waals surface area (Å²) in [7, 11) is 1.93. The molecular weight excluding hydrogens is 687 g/mol. The molecule has 0 unspecified atom stereocenters. The van der Waals surface area contributed by atoms with Gasteiger partial charge < -0.3 is 30.6 Å². The second-order valence-corrected chi connectivity index (χ2v) is 12.7. The van der Waals surface area contributed by atoms with Gasteiger partial charge in [0, 0.05) is 63.1 Å². The molecule has 0 saturated carbocycles. The number of aromatic carboxylic acids is 1. The van der Waals surface area contributed by atoms with Gasteiger partial charge in [0.05, 0.1) is 5.56 Å². The number of aromatic hydroxyl groups is 1. The smallest absolute Gasteiger partial charge is 0.336 e. The zero-order chi connectivity index (χ0) is 38.3. The van der Waals surface area contributed by atoms with Crippen molar-refractivity contribution in [2.45, 2.75) is 47.0 Å². The summed E-state index contributed by atoms with van der Waals surface area (Å²) in [5.41, 5.74) is 3.54. The quantitative estimate of drug-likeness (QED) is 0.0609. The molecule has 0 aromatic heterocycles. The van der Waals surface area contributed by atoms with Gasteiger partial charge in [-0.3, -0.25) is 24.0 Å². The molecule has 0 bridgehead atoms. The third-order valence-corrected chi connectivity index (χ3v) is 8.99. The number of benzene rings is 3. The van der Waals surface area contributed by atoms with E-state index in [1.54, 1.807) is 52.0 Å². The number of thiocarbonyl (C=S) groups is 1. The van der Waals surface area contributed by atoms with E-state index in [0.717, 1.165) is 32.4 Å². The van der Waals surface area contributed by atoms with E-state index in [-0.39, 0.29) is 38.5 Å². The zero-order valence-electron chi connectivity index (χ0n) is 29.4. The standard InChI is InChI=1S/C27H27N3O5S.2C6H6O2/c1-28-11-3-2-4-12-29-27(36)30-16-5-8-19(22(13-16)26(33)34)25-20-9-6-17(31)14-23(20)35-24-15-18(32)7-10-21(24)25;2*1-3-4(2)6(8)5(3)7/h5-10,13-15,28,31H,2-4,11-12H2,1H3,(H,33,34)(H2,29,30,36);2*1-2H3. The third-order valence-electron chi connectivity index (χ3n) is 8.74. The van der Waals surface area contributed by atoms with Gasteiger partial charge in [0.2, 0.25) is 21.7 Å². The van der Waals surface area contributed by atoms with Crippen LogP contribution in [-0.4, -0.2) is 41.4 Å². The number of hydrogen-bond donors (Lipinski definition) is 5. The monoisotopic (exact) mass is 725 g/mol. The molecule has 12 nitrogen and oxygen atoms in total. The Kier molecular flexibility index (Phi) is 12.7. The third kappa shape index (κ3) is 8.74. The van der Waals surface area contributed by atoms with Crippen LogP contribution in [0.3, 0.4) is 0 Å². The van der Waals surface area contributed by atoms with Crippen LogP contribution in [0.15, 0.2) is 83.0 Å². The van der Waals surface area contributed by atoms with Gasteiger partial charge in [0.25, 0.3) is 0 Å². The summed E-state index contributed by atoms with van der Waals surface area (Å²) in [5.74, 6) is -0.816. The summed E-state index contributed by atoms with van der Waals surface area (Å²) in [5, 5.41) is 30.4. The second kappa shape index (κ2) is 16.9. The van der Waals surface area contributed by atoms with Crippen molar-refractivity contribution in [2.75, 3.05) is 25.5 Å². The Morgan fingerprint density at radius 3 is 1.87 bits per heavy atom. The van der Waals surface area contributed by atoms with Crippen molar-refractivity contribution >= 4 is 40.0 Å². The lowest BCUT2D eigenvalue weighted by Crippen LogP contribution is -2.36. The Balaban J connectivity index is 0.000000308. The van der Waals surface area contributed by atoms with Crippen LogP contribution in [0.2, 0.25) is 0 Å². The maximum atomic E-state index is 12.3. The van der Waals surface area contributed by atoms with Crippen molar-refractivity contribution in [3.8, 4) is 28.2 Å². The molecule has 0 atom stereocenters. The minimum Gasteiger partial charge on any atom is -0.508 e. The molecule has 1 heterocycles. The molecule has 5 N–H and O–H groups in total. The lowest BCUT2D eigenvalue weighted by molar-refractivity contribution is 0.0697. The summed E-state index contributed by atoms with van der Waals surface area (Å²) < 4.78 is 5.87. The largest absolute Gasteiger partial charge is 0.508 e. The first kappa shape index (κ1) is 39.0. The summed E-state index contributed by atoms with van der Waals surface area (Å²) in [4.78, 5) is 65.7. The Labute approximate surface area is 303 Å². The van der Waals surface area contributed by atoms with E-state index in [1.807, 2.05) is 7.05 Å². The van der Waals surface area contributed by atoms with E-state index in [1.165, 1.54) is 30.3 Å². The highest BCUT2D eigenvalue weighted by atomic mass is 32.1. The number of carboxylic acid groups (broad SMARTS) is 1. The van der Waals surface area contributed by atoms with Crippen molar-refractivity contribution in [1.29, 1.82) is 0 Å². The predicted molar refractivity (Wildman–Crippen MR) is 207 cm³/mol. The lowest BCUT2D eigenvalue weighted by Gasteiger charge is -2.18. The molecule has 1 aliphatic heterocycles. The molecule has 6 rings (SSSR count). The minimum atomic E-state index is -1.11. The highest BCUT2D eigenvalue weighted by Gasteiger charge is 2.22. The van der Waals surface area contributed by atoms with Gasteiger partial charge in [0.1, 0.15) is 17.1 Å². The molecule has 0 amide bonds. The van der Waals surface area contributed by atoms with Gasteiger partial charge in [-0.2, -0.15) is 0 Å². The summed E-state index contributed by atoms with van der Waals surface area (Å²) >= 11 is 5.38. The van der Waals surface area contributed by atoms with Crippen molar-refractivity contribution < 1.29 is 19.4 Å². The molecule has 270 valence electrons. The number of anilines is 1. The molecule has 0 spiro atoms. The van der Waals surface area contributed by atoms with E-state index in [4.69, 9.17) is 16.6 Å². The molecule has 4 aromatic carbocycles. The zero-order valence-corrected chi connectivity index (χ0v) is 30.2. The molecule has 13 heteroatoms. The van der Waals surface area contributed by atoms with Crippen molar-refractivity contribution in [3.05, 3.63) is 134 Å². The molecule has 0 fully saturated rings. The highest BCUT2D eigenvalue weighted by molar-refractivity contribution is 7.80. The summed E-state index contributed by atoms with van der Waals surface area (Å²) in [6.07, 6.45) is 3.14. The molecule has 0 saturated heterocycles. The van der Waals surface area contributed by atoms with Gasteiger partial charge in [-0.15, -0.1) is 0 Å². The molecule has 52 heavy (non-hydrogen) atoms. The number of fused-ring (bicyclic) bond motifs is 2. The topological polar surface area (TPSA) is 192 Å². The van der Waals surface area contributed by atoms with Crippen LogP contribution in [0.5, 0.6) is 5.75 Å². The molecular formula is C39H39N3O9S. The van der Waals surface area contributed by atoms with Crippen LogP contribution in [0.1, 0.15) is 51.9 Å². The van der Waals surface area contributed by atoms with E-state index in [2.05, 4.69) is 16.0 Å². The number of phenols is 1. The average molecular weight is 726 g/mol. The maximum absolute atomic E-state index is 12.3. The summed E-state index contributed by atoms with van der Waals surface area (Å²) in [6, 6.07) is 14.0. The lowest BCUT2D eigenvalue weighted by atomic mass is 9.90. The van der Waals surface area contributed by atoms with Crippen LogP contribution in [0.25, 0.3) is 33.4 Å². The van der Waals surface area contributed by atoms with Gasteiger partial charge in [-0.05, 0) is 108 Å². The average Bonchev–Trinajstić information content (AvgIpc) is 3.13. The Hall–Kier alpha value is -5.79. The van der Waals surface area contributed by atoms with E-state index in [9.17, 15) is 39.0 Å². The fourth-order valence-electron chi connectivity index (χ4n) is 5.38. The second-order valence-electron chi connectivity index (χ2n) is 12.2. The first-order valence-electron chi connectivity index (χ1n) is 16.5. The van der Waals surface area contributed by atoms with Crippen LogP contribution in [0, 0.1) is 27.7 Å². The first-order chi connectivity index (χ1) is 24.7. The normalized spacial score (nSPS) is 10.8. The van der Waals surface area contributed by atoms with E-state index < -0.39 is 5.97 Å². The first-order valence-corrected chi connectivity index (χ1v) is 16.9. The molecule has 1 aliphatic carbocycles. The van der Waals surface area contributed by atoms with Crippen LogP contribution < -0.4 is 43.1 Å².